The van der Waals surface area contributed by atoms with Crippen LogP contribution in [0.2, 0.25) is 0 Å². The summed E-state index contributed by atoms with van der Waals surface area (Å²) in [5, 5.41) is 0.0191. The predicted molar refractivity (Wildman–Crippen MR) is 102 cm³/mol. The van der Waals surface area contributed by atoms with E-state index < -0.39 is 23.1 Å². The highest BCUT2D eigenvalue weighted by atomic mass is 79.9. The Labute approximate surface area is 166 Å². The maximum atomic E-state index is 13.2. The van der Waals surface area contributed by atoms with E-state index in [0.717, 1.165) is 28.2 Å². The van der Waals surface area contributed by atoms with Crippen LogP contribution < -0.4 is 5.43 Å². The second-order valence-corrected chi connectivity index (χ2v) is 6.90. The lowest BCUT2D eigenvalue weighted by Crippen LogP contribution is -2.21. The van der Waals surface area contributed by atoms with Crippen molar-refractivity contribution in [3.8, 4) is 0 Å². The van der Waals surface area contributed by atoms with Gasteiger partial charge >= 0.3 is 12.1 Å². The van der Waals surface area contributed by atoms with Crippen molar-refractivity contribution in [3.63, 3.8) is 0 Å². The Hall–Kier alpha value is -2.61. The van der Waals surface area contributed by atoms with E-state index in [-0.39, 0.29) is 29.6 Å². The monoisotopic (exact) mass is 453 g/mol. The predicted octanol–water partition coefficient (Wildman–Crippen LogP) is 5.01. The Morgan fingerprint density at radius 3 is 2.54 bits per heavy atom. The first-order valence-corrected chi connectivity index (χ1v) is 9.16. The highest BCUT2D eigenvalue weighted by Gasteiger charge is 2.31. The lowest BCUT2D eigenvalue weighted by molar-refractivity contribution is -0.137. The van der Waals surface area contributed by atoms with Crippen molar-refractivity contribution in [2.24, 2.45) is 0 Å². The average Bonchev–Trinajstić information content (AvgIpc) is 2.64. The fourth-order valence-electron chi connectivity index (χ4n) is 2.86. The summed E-state index contributed by atoms with van der Waals surface area (Å²) in [5.41, 5.74) is -0.890. The standard InChI is InChI=1S/C20H15BrF3NO3/c1-2-28-19(27)15-11-25(10-12-5-3-4-6-16(12)21)17-9-13(20(22,23)24)7-8-14(17)18(15)26/h3-9,11H,2,10H2,1H3. The van der Waals surface area contributed by atoms with E-state index in [9.17, 15) is 22.8 Å². The number of fused-ring (bicyclic) bond motifs is 1. The maximum Gasteiger partial charge on any atom is 0.416 e. The quantitative estimate of drug-likeness (QED) is 0.521. The Kier molecular flexibility index (Phi) is 5.60. The number of carbonyl (C=O) groups excluding carboxylic acids is 1. The van der Waals surface area contributed by atoms with Gasteiger partial charge in [-0.1, -0.05) is 34.1 Å². The normalized spacial score (nSPS) is 11.6. The first kappa shape index (κ1) is 20.1. The number of pyridine rings is 1. The number of rotatable bonds is 4. The van der Waals surface area contributed by atoms with Crippen molar-refractivity contribution in [1.82, 2.24) is 4.57 Å². The molecular formula is C20H15BrF3NO3. The van der Waals surface area contributed by atoms with Gasteiger partial charge in [0.25, 0.3) is 0 Å². The summed E-state index contributed by atoms with van der Waals surface area (Å²) >= 11 is 3.40. The van der Waals surface area contributed by atoms with Crippen LogP contribution in [0.1, 0.15) is 28.4 Å². The van der Waals surface area contributed by atoms with Crippen molar-refractivity contribution in [3.05, 3.63) is 80.0 Å². The Morgan fingerprint density at radius 2 is 1.89 bits per heavy atom. The topological polar surface area (TPSA) is 48.3 Å². The van der Waals surface area contributed by atoms with Crippen LogP contribution in [-0.2, 0) is 17.5 Å². The van der Waals surface area contributed by atoms with E-state index in [1.807, 2.05) is 6.07 Å². The summed E-state index contributed by atoms with van der Waals surface area (Å²) in [6.07, 6.45) is -3.30. The molecule has 0 amide bonds. The molecule has 1 heterocycles. The molecule has 3 aromatic rings. The zero-order chi connectivity index (χ0) is 20.5. The van der Waals surface area contributed by atoms with E-state index in [1.165, 1.54) is 10.8 Å². The molecule has 0 N–H and O–H groups in total. The van der Waals surface area contributed by atoms with E-state index >= 15 is 0 Å². The largest absolute Gasteiger partial charge is 0.462 e. The van der Waals surface area contributed by atoms with Gasteiger partial charge in [-0.25, -0.2) is 4.79 Å². The molecule has 0 fully saturated rings. The van der Waals surface area contributed by atoms with E-state index in [0.29, 0.717) is 0 Å². The Morgan fingerprint density at radius 1 is 1.18 bits per heavy atom. The fourth-order valence-corrected chi connectivity index (χ4v) is 3.27. The highest BCUT2D eigenvalue weighted by Crippen LogP contribution is 2.31. The number of hydrogen-bond donors (Lipinski definition) is 0. The van der Waals surface area contributed by atoms with Gasteiger partial charge in [0.15, 0.2) is 0 Å². The molecule has 0 radical (unpaired) electrons. The van der Waals surface area contributed by atoms with Gasteiger partial charge in [-0.2, -0.15) is 13.2 Å². The number of esters is 1. The molecule has 146 valence electrons. The number of carbonyl (C=O) groups is 1. The first-order valence-electron chi connectivity index (χ1n) is 8.37. The number of hydrogen-bond acceptors (Lipinski definition) is 3. The number of nitrogens with zero attached hydrogens (tertiary/aromatic N) is 1. The summed E-state index contributed by atoms with van der Waals surface area (Å²) in [7, 11) is 0. The van der Waals surface area contributed by atoms with Crippen LogP contribution in [0.3, 0.4) is 0 Å². The lowest BCUT2D eigenvalue weighted by atomic mass is 10.1. The lowest BCUT2D eigenvalue weighted by Gasteiger charge is -2.16. The molecule has 0 saturated heterocycles. The van der Waals surface area contributed by atoms with Crippen LogP contribution >= 0.6 is 15.9 Å². The van der Waals surface area contributed by atoms with Crippen LogP contribution in [0.5, 0.6) is 0 Å². The van der Waals surface area contributed by atoms with Crippen LogP contribution in [0.15, 0.2) is 57.9 Å². The van der Waals surface area contributed by atoms with Gasteiger partial charge < -0.3 is 9.30 Å². The minimum atomic E-state index is -4.55. The first-order chi connectivity index (χ1) is 13.2. The Bertz CT molecular complexity index is 1110. The molecule has 0 spiro atoms. The SMILES string of the molecule is CCOC(=O)c1cn(Cc2ccccc2Br)c2cc(C(F)(F)F)ccc2c1=O. The van der Waals surface area contributed by atoms with Crippen molar-refractivity contribution < 1.29 is 22.7 Å². The van der Waals surface area contributed by atoms with Crippen LogP contribution in [0.25, 0.3) is 10.9 Å². The molecule has 8 heteroatoms. The zero-order valence-electron chi connectivity index (χ0n) is 14.7. The number of benzene rings is 2. The average molecular weight is 454 g/mol. The van der Waals surface area contributed by atoms with Gasteiger partial charge in [0, 0.05) is 22.6 Å². The van der Waals surface area contributed by atoms with Gasteiger partial charge in [-0.3, -0.25) is 4.79 Å². The number of alkyl halides is 3. The molecule has 0 saturated carbocycles. The number of ether oxygens (including phenoxy) is 1. The van der Waals surface area contributed by atoms with Crippen molar-refractivity contribution in [2.45, 2.75) is 19.6 Å². The summed E-state index contributed by atoms with van der Waals surface area (Å²) < 4.78 is 46.7. The molecule has 0 bridgehead atoms. The molecule has 0 unspecified atom stereocenters. The third-order valence-electron chi connectivity index (χ3n) is 4.20. The van der Waals surface area contributed by atoms with E-state index in [2.05, 4.69) is 15.9 Å². The van der Waals surface area contributed by atoms with Gasteiger partial charge in [0.2, 0.25) is 5.43 Å². The summed E-state index contributed by atoms with van der Waals surface area (Å²) in [4.78, 5) is 24.9. The second kappa shape index (κ2) is 7.79. The smallest absolute Gasteiger partial charge is 0.416 e. The van der Waals surface area contributed by atoms with Crippen LogP contribution in [0.4, 0.5) is 13.2 Å². The highest BCUT2D eigenvalue weighted by molar-refractivity contribution is 9.10. The third kappa shape index (κ3) is 3.96. The number of halogens is 4. The Balaban J connectivity index is 2.27. The van der Waals surface area contributed by atoms with Gasteiger partial charge in [0.05, 0.1) is 17.7 Å². The van der Waals surface area contributed by atoms with Gasteiger partial charge in [-0.15, -0.1) is 0 Å². The summed E-state index contributed by atoms with van der Waals surface area (Å²) in [5.74, 6) is -0.810. The van der Waals surface area contributed by atoms with Crippen molar-refractivity contribution >= 4 is 32.8 Å². The molecule has 4 nitrogen and oxygen atoms in total. The second-order valence-electron chi connectivity index (χ2n) is 6.04. The van der Waals surface area contributed by atoms with Gasteiger partial charge in [-0.05, 0) is 36.8 Å². The van der Waals surface area contributed by atoms with Gasteiger partial charge in [0.1, 0.15) is 5.56 Å². The van der Waals surface area contributed by atoms with Crippen molar-refractivity contribution in [2.75, 3.05) is 6.61 Å². The van der Waals surface area contributed by atoms with E-state index in [4.69, 9.17) is 4.74 Å². The minimum absolute atomic E-state index is 0.0191. The molecule has 1 aromatic heterocycles. The minimum Gasteiger partial charge on any atom is -0.462 e. The summed E-state index contributed by atoms with van der Waals surface area (Å²) in [6, 6.07) is 10.0. The molecule has 0 aliphatic heterocycles. The molecule has 0 aliphatic carbocycles. The molecular weight excluding hydrogens is 439 g/mol. The van der Waals surface area contributed by atoms with Crippen molar-refractivity contribution in [1.29, 1.82) is 0 Å². The number of aromatic nitrogens is 1. The molecule has 3 rings (SSSR count). The molecule has 0 atom stereocenters. The third-order valence-corrected chi connectivity index (χ3v) is 4.98. The summed E-state index contributed by atoms with van der Waals surface area (Å²) in [6.45, 7) is 1.84. The molecule has 0 aliphatic rings. The van der Waals surface area contributed by atoms with Crippen LogP contribution in [-0.4, -0.2) is 17.1 Å². The fraction of sp³-hybridized carbons (Fsp3) is 0.200. The molecule has 28 heavy (non-hydrogen) atoms. The molecule has 2 aromatic carbocycles. The zero-order valence-corrected chi connectivity index (χ0v) is 16.3. The van der Waals surface area contributed by atoms with Crippen LogP contribution in [0, 0.1) is 0 Å². The maximum absolute atomic E-state index is 13.2. The van der Waals surface area contributed by atoms with E-state index in [1.54, 1.807) is 25.1 Å².